The lowest BCUT2D eigenvalue weighted by Crippen LogP contribution is -2.44. The number of hydrogen-bond acceptors (Lipinski definition) is 6. The number of nitrogens with one attached hydrogen (secondary N) is 1. The molecule has 164 valence electrons. The summed E-state index contributed by atoms with van der Waals surface area (Å²) in [5.41, 5.74) is 3.29. The highest BCUT2D eigenvalue weighted by atomic mass is 32.2. The molecule has 1 fully saturated rings. The normalized spacial score (nSPS) is 14.4. The molecular formula is C21H30N4O3S2. The Labute approximate surface area is 184 Å². The first-order chi connectivity index (χ1) is 14.4. The van der Waals surface area contributed by atoms with Crippen LogP contribution in [0.1, 0.15) is 51.0 Å². The van der Waals surface area contributed by atoms with E-state index in [1.807, 2.05) is 5.38 Å². The van der Waals surface area contributed by atoms with E-state index in [-0.39, 0.29) is 6.54 Å². The number of anilines is 1. The van der Waals surface area contributed by atoms with Crippen molar-refractivity contribution >= 4 is 33.4 Å². The number of rotatable bonds is 8. The number of amides is 2. The quantitative estimate of drug-likeness (QED) is 0.597. The molecule has 0 saturated heterocycles. The van der Waals surface area contributed by atoms with Crippen molar-refractivity contribution in [2.24, 2.45) is 0 Å². The number of urea groups is 1. The highest BCUT2D eigenvalue weighted by Gasteiger charge is 2.26. The Morgan fingerprint density at radius 3 is 2.43 bits per heavy atom. The lowest BCUT2D eigenvalue weighted by atomic mass is 10.0. The van der Waals surface area contributed by atoms with Crippen LogP contribution in [0.2, 0.25) is 0 Å². The molecule has 0 spiro atoms. The predicted molar refractivity (Wildman–Crippen MR) is 123 cm³/mol. The van der Waals surface area contributed by atoms with Crippen LogP contribution in [0.5, 0.6) is 0 Å². The summed E-state index contributed by atoms with van der Waals surface area (Å²) >= 11 is 1.57. The summed E-state index contributed by atoms with van der Waals surface area (Å²) in [6.45, 7) is 4.88. The molecule has 0 bridgehead atoms. The minimum Gasteiger partial charge on any atom is -0.343 e. The first kappa shape index (κ1) is 22.6. The van der Waals surface area contributed by atoms with Gasteiger partial charge in [-0.2, -0.15) is 0 Å². The maximum absolute atomic E-state index is 11.9. The number of carbonyl (C=O) groups is 1. The van der Waals surface area contributed by atoms with Gasteiger partial charge in [0.25, 0.3) is 0 Å². The Balaban J connectivity index is 1.80. The lowest BCUT2D eigenvalue weighted by molar-refractivity contribution is 0.226. The molecule has 7 nitrogen and oxygen atoms in total. The van der Waals surface area contributed by atoms with Crippen molar-refractivity contribution in [3.8, 4) is 11.3 Å². The average molecular weight is 451 g/mol. The number of thiazole rings is 1. The van der Waals surface area contributed by atoms with E-state index < -0.39 is 16.9 Å². The Kier molecular flexibility index (Phi) is 7.71. The van der Waals surface area contributed by atoms with E-state index in [2.05, 4.69) is 48.3 Å². The molecule has 0 atom stereocenters. The molecule has 1 N–H and O–H groups in total. The van der Waals surface area contributed by atoms with Crippen LogP contribution in [0, 0.1) is 0 Å². The van der Waals surface area contributed by atoms with E-state index in [4.69, 9.17) is 4.98 Å². The molecule has 1 aliphatic rings. The molecule has 9 heteroatoms. The van der Waals surface area contributed by atoms with Gasteiger partial charge < -0.3 is 10.2 Å². The monoisotopic (exact) mass is 450 g/mol. The molecule has 2 aromatic rings. The smallest absolute Gasteiger partial charge is 0.330 e. The minimum atomic E-state index is -2.98. The van der Waals surface area contributed by atoms with Crippen LogP contribution in [0.15, 0.2) is 29.6 Å². The number of hydrogen-bond donors (Lipinski definition) is 2. The van der Waals surface area contributed by atoms with E-state index >= 15 is 0 Å². The molecule has 2 amide bonds. The molecular weight excluding hydrogens is 420 g/mol. The summed E-state index contributed by atoms with van der Waals surface area (Å²) in [5.74, 6) is 0.485. The minimum absolute atomic E-state index is 0.104. The first-order valence-corrected chi connectivity index (χ1v) is 12.4. The molecule has 30 heavy (non-hydrogen) atoms. The Morgan fingerprint density at radius 2 is 1.87 bits per heavy atom. The van der Waals surface area contributed by atoms with Crippen molar-refractivity contribution in [2.75, 3.05) is 25.0 Å². The van der Waals surface area contributed by atoms with Gasteiger partial charge in [-0.1, -0.05) is 51.0 Å². The molecule has 1 aromatic heterocycles. The van der Waals surface area contributed by atoms with Crippen LogP contribution < -0.4 is 10.2 Å². The maximum atomic E-state index is 11.9. The van der Waals surface area contributed by atoms with E-state index in [0.29, 0.717) is 18.5 Å². The van der Waals surface area contributed by atoms with Crippen LogP contribution in [0.4, 0.5) is 9.93 Å². The SMILES string of the molecule is CNC(=O)N(CCN(c1nc(-c2ccc(C(C)C)cc2)cs1)C1CCCC1)[SH](=O)=O. The second kappa shape index (κ2) is 10.3. The van der Waals surface area contributed by atoms with Crippen molar-refractivity contribution < 1.29 is 13.2 Å². The summed E-state index contributed by atoms with van der Waals surface area (Å²) in [6, 6.07) is 8.19. The fourth-order valence-corrected chi connectivity index (χ4v) is 5.24. The largest absolute Gasteiger partial charge is 0.343 e. The maximum Gasteiger partial charge on any atom is 0.330 e. The van der Waals surface area contributed by atoms with Crippen LogP contribution in [0.25, 0.3) is 11.3 Å². The second-order valence-corrected chi connectivity index (χ2v) is 9.63. The zero-order valence-electron chi connectivity index (χ0n) is 17.7. The van der Waals surface area contributed by atoms with Gasteiger partial charge in [-0.25, -0.2) is 22.5 Å². The van der Waals surface area contributed by atoms with Gasteiger partial charge in [-0.15, -0.1) is 11.3 Å². The number of thiol groups is 1. The van der Waals surface area contributed by atoms with Crippen LogP contribution in [-0.2, 0) is 10.9 Å². The molecule has 1 saturated carbocycles. The zero-order valence-corrected chi connectivity index (χ0v) is 19.4. The van der Waals surface area contributed by atoms with Crippen LogP contribution in [-0.4, -0.2) is 49.9 Å². The number of nitrogens with zero attached hydrogens (tertiary/aromatic N) is 3. The van der Waals surface area contributed by atoms with Gasteiger partial charge in [-0.3, -0.25) is 0 Å². The Hall–Kier alpha value is -2.13. The van der Waals surface area contributed by atoms with Crippen molar-refractivity contribution in [3.05, 3.63) is 35.2 Å². The number of carbonyl (C=O) groups excluding carboxylic acids is 1. The van der Waals surface area contributed by atoms with Gasteiger partial charge in [0.15, 0.2) is 5.13 Å². The van der Waals surface area contributed by atoms with Crippen molar-refractivity contribution in [3.63, 3.8) is 0 Å². The zero-order chi connectivity index (χ0) is 21.7. The molecule has 0 radical (unpaired) electrons. The Morgan fingerprint density at radius 1 is 1.20 bits per heavy atom. The summed E-state index contributed by atoms with van der Waals surface area (Å²) in [5, 5.41) is 5.31. The van der Waals surface area contributed by atoms with Gasteiger partial charge in [0.2, 0.25) is 10.9 Å². The van der Waals surface area contributed by atoms with Gasteiger partial charge in [0, 0.05) is 30.6 Å². The van der Waals surface area contributed by atoms with E-state index in [1.165, 1.54) is 12.6 Å². The second-order valence-electron chi connectivity index (χ2n) is 7.84. The highest BCUT2D eigenvalue weighted by molar-refractivity contribution is 7.70. The Bertz CT molecular complexity index is 911. The summed E-state index contributed by atoms with van der Waals surface area (Å²) in [7, 11) is -1.55. The third-order valence-electron chi connectivity index (χ3n) is 5.57. The fraction of sp³-hybridized carbons (Fsp3) is 0.524. The number of benzene rings is 1. The standard InChI is InChI=1S/C21H30N4O3S2/c1-15(2)16-8-10-17(11-9-16)19-14-29-21(23-19)24(18-6-4-5-7-18)12-13-25(30(27)28)20(26)22-3/h8-11,14-15,18,30H,4-7,12-13H2,1-3H3,(H,22,26). The van der Waals surface area contributed by atoms with Gasteiger partial charge in [0.05, 0.1) is 12.2 Å². The van der Waals surface area contributed by atoms with Crippen LogP contribution >= 0.6 is 11.3 Å². The highest BCUT2D eigenvalue weighted by Crippen LogP contribution is 2.33. The average Bonchev–Trinajstić information content (AvgIpc) is 3.43. The van der Waals surface area contributed by atoms with E-state index in [1.54, 1.807) is 11.3 Å². The van der Waals surface area contributed by atoms with Gasteiger partial charge in [0.1, 0.15) is 0 Å². The molecule has 1 heterocycles. The topological polar surface area (TPSA) is 82.6 Å². The fourth-order valence-electron chi connectivity index (χ4n) is 3.81. The molecule has 0 unspecified atom stereocenters. The lowest BCUT2D eigenvalue weighted by Gasteiger charge is -2.30. The van der Waals surface area contributed by atoms with E-state index in [0.717, 1.165) is 46.4 Å². The van der Waals surface area contributed by atoms with E-state index in [9.17, 15) is 13.2 Å². The van der Waals surface area contributed by atoms with Gasteiger partial charge in [-0.05, 0) is 24.3 Å². The van der Waals surface area contributed by atoms with Gasteiger partial charge >= 0.3 is 6.03 Å². The summed E-state index contributed by atoms with van der Waals surface area (Å²) in [4.78, 5) is 18.9. The molecule has 0 aliphatic heterocycles. The molecule has 1 aromatic carbocycles. The first-order valence-electron chi connectivity index (χ1n) is 10.4. The number of aromatic nitrogens is 1. The van der Waals surface area contributed by atoms with Crippen LogP contribution in [0.3, 0.4) is 0 Å². The van der Waals surface area contributed by atoms with Crippen molar-refractivity contribution in [1.82, 2.24) is 14.6 Å². The molecule has 3 rings (SSSR count). The molecule has 1 aliphatic carbocycles. The third kappa shape index (κ3) is 5.31. The van der Waals surface area contributed by atoms with Crippen molar-refractivity contribution in [2.45, 2.75) is 51.5 Å². The third-order valence-corrected chi connectivity index (χ3v) is 7.23. The predicted octanol–water partition coefficient (Wildman–Crippen LogP) is 3.85. The van der Waals surface area contributed by atoms with Crippen molar-refractivity contribution in [1.29, 1.82) is 0 Å². The summed E-state index contributed by atoms with van der Waals surface area (Å²) < 4.78 is 23.9. The summed E-state index contributed by atoms with van der Waals surface area (Å²) in [6.07, 6.45) is 4.43.